The Morgan fingerprint density at radius 1 is 1.41 bits per heavy atom. The molecule has 0 radical (unpaired) electrons. The molecule has 1 heterocycles. The third-order valence-electron chi connectivity index (χ3n) is 4.13. The third-order valence-corrected chi connectivity index (χ3v) is 5.19. The predicted molar refractivity (Wildman–Crippen MR) is 105 cm³/mol. The maximum absolute atomic E-state index is 4.76. The van der Waals surface area contributed by atoms with E-state index in [-0.39, 0.29) is 24.0 Å². The van der Waals surface area contributed by atoms with Crippen LogP contribution in [0.5, 0.6) is 0 Å². The number of rotatable bonds is 7. The highest BCUT2D eigenvalue weighted by atomic mass is 127. The number of likely N-dealkylation sites (N-methyl/N-ethyl adjacent to an activating group) is 1. The zero-order chi connectivity index (χ0) is 14.7. The Balaban J connectivity index is 0.00000176. The Bertz CT molecular complexity index is 469. The molecule has 2 aliphatic carbocycles. The summed E-state index contributed by atoms with van der Waals surface area (Å²) in [6.07, 6.45) is 5.27. The minimum absolute atomic E-state index is 0. The highest BCUT2D eigenvalue weighted by Gasteiger charge is 2.26. The van der Waals surface area contributed by atoms with Crippen molar-refractivity contribution in [3.63, 3.8) is 0 Å². The molecule has 1 aromatic heterocycles. The molecule has 2 saturated carbocycles. The number of aliphatic imine (C=N–C) groups is 1. The van der Waals surface area contributed by atoms with Crippen molar-refractivity contribution < 1.29 is 0 Å². The molecule has 2 aliphatic rings. The zero-order valence-electron chi connectivity index (χ0n) is 13.4. The zero-order valence-corrected chi connectivity index (χ0v) is 16.6. The van der Waals surface area contributed by atoms with Gasteiger partial charge in [0.05, 0.1) is 12.6 Å². The van der Waals surface area contributed by atoms with Gasteiger partial charge in [-0.1, -0.05) is 6.07 Å². The fraction of sp³-hybridized carbons (Fsp3) is 0.688. The van der Waals surface area contributed by atoms with Gasteiger partial charge in [-0.15, -0.1) is 35.3 Å². The van der Waals surface area contributed by atoms with E-state index in [4.69, 9.17) is 4.99 Å². The predicted octanol–water partition coefficient (Wildman–Crippen LogP) is 3.22. The van der Waals surface area contributed by atoms with Gasteiger partial charge in [0.15, 0.2) is 5.96 Å². The monoisotopic (exact) mass is 434 g/mol. The van der Waals surface area contributed by atoms with E-state index in [1.807, 2.05) is 0 Å². The van der Waals surface area contributed by atoms with Crippen LogP contribution in [-0.2, 0) is 0 Å². The van der Waals surface area contributed by atoms with Gasteiger partial charge in [-0.3, -0.25) is 4.99 Å². The lowest BCUT2D eigenvalue weighted by Crippen LogP contribution is -2.40. The smallest absolute Gasteiger partial charge is 0.192 e. The molecule has 6 heteroatoms. The van der Waals surface area contributed by atoms with E-state index in [2.05, 4.69) is 47.0 Å². The van der Waals surface area contributed by atoms with Crippen molar-refractivity contribution >= 4 is 41.3 Å². The molecular weight excluding hydrogens is 407 g/mol. The van der Waals surface area contributed by atoms with Crippen LogP contribution in [0.2, 0.25) is 0 Å². The van der Waals surface area contributed by atoms with Crippen LogP contribution in [0.15, 0.2) is 22.5 Å². The fourth-order valence-electron chi connectivity index (χ4n) is 2.39. The quantitative estimate of drug-likeness (QED) is 0.393. The molecule has 2 N–H and O–H groups in total. The van der Waals surface area contributed by atoms with Crippen LogP contribution in [0.1, 0.15) is 43.5 Å². The Labute approximate surface area is 154 Å². The summed E-state index contributed by atoms with van der Waals surface area (Å²) in [5.41, 5.74) is 0. The lowest BCUT2D eigenvalue weighted by atomic mass is 10.3. The number of hydrogen-bond acceptors (Lipinski definition) is 3. The number of nitrogens with zero attached hydrogens (tertiary/aromatic N) is 2. The largest absolute Gasteiger partial charge is 0.354 e. The molecule has 1 unspecified atom stereocenters. The van der Waals surface area contributed by atoms with Crippen molar-refractivity contribution in [1.29, 1.82) is 0 Å². The lowest BCUT2D eigenvalue weighted by Gasteiger charge is -2.18. The second-order valence-corrected chi connectivity index (χ2v) is 7.22. The standard InChI is InChI=1S/C16H26N4S.HI/c1-12(15-4-3-11-21-15)18-16(19-13-5-6-13)17-9-10-20(2)14-7-8-14;/h3-4,11-14H,5-10H2,1-2H3,(H2,17,18,19);1H. The molecule has 1 aromatic rings. The van der Waals surface area contributed by atoms with Crippen molar-refractivity contribution in [2.45, 2.75) is 50.7 Å². The molecule has 4 nitrogen and oxygen atoms in total. The van der Waals surface area contributed by atoms with E-state index in [0.717, 1.165) is 25.1 Å². The highest BCUT2D eigenvalue weighted by molar-refractivity contribution is 14.0. The van der Waals surface area contributed by atoms with Crippen LogP contribution < -0.4 is 10.6 Å². The summed E-state index contributed by atoms with van der Waals surface area (Å²) in [6, 6.07) is 6.05. The van der Waals surface area contributed by atoms with Crippen LogP contribution in [0.4, 0.5) is 0 Å². The first-order valence-electron chi connectivity index (χ1n) is 8.03. The Hall–Kier alpha value is -0.340. The summed E-state index contributed by atoms with van der Waals surface area (Å²) in [7, 11) is 2.21. The summed E-state index contributed by atoms with van der Waals surface area (Å²) < 4.78 is 0. The van der Waals surface area contributed by atoms with Crippen LogP contribution in [0.25, 0.3) is 0 Å². The first-order valence-corrected chi connectivity index (χ1v) is 8.91. The summed E-state index contributed by atoms with van der Waals surface area (Å²) >= 11 is 1.79. The summed E-state index contributed by atoms with van der Waals surface area (Å²) in [4.78, 5) is 8.55. The number of hydrogen-bond donors (Lipinski definition) is 2. The first-order chi connectivity index (χ1) is 10.2. The topological polar surface area (TPSA) is 39.7 Å². The van der Waals surface area contributed by atoms with Crippen molar-refractivity contribution in [3.05, 3.63) is 22.4 Å². The van der Waals surface area contributed by atoms with Gasteiger partial charge in [-0.2, -0.15) is 0 Å². The van der Waals surface area contributed by atoms with Gasteiger partial charge in [-0.25, -0.2) is 0 Å². The molecule has 0 bridgehead atoms. The minimum Gasteiger partial charge on any atom is -0.354 e. The Morgan fingerprint density at radius 3 is 2.77 bits per heavy atom. The van der Waals surface area contributed by atoms with E-state index >= 15 is 0 Å². The average Bonchev–Trinajstić information content (AvgIpc) is 3.39. The third kappa shape index (κ3) is 5.70. The number of nitrogens with one attached hydrogen (secondary N) is 2. The van der Waals surface area contributed by atoms with Gasteiger partial charge >= 0.3 is 0 Å². The molecule has 3 rings (SSSR count). The molecule has 0 aromatic carbocycles. The molecular formula is C16H27IN4S. The van der Waals surface area contributed by atoms with Crippen LogP contribution in [0, 0.1) is 0 Å². The Kier molecular flexibility index (Phi) is 6.95. The van der Waals surface area contributed by atoms with E-state index in [0.29, 0.717) is 12.1 Å². The van der Waals surface area contributed by atoms with Gasteiger partial charge in [0, 0.05) is 23.5 Å². The lowest BCUT2D eigenvalue weighted by molar-refractivity contribution is 0.333. The molecule has 124 valence electrons. The fourth-order valence-corrected chi connectivity index (χ4v) is 3.12. The summed E-state index contributed by atoms with van der Waals surface area (Å²) in [6.45, 7) is 4.12. The van der Waals surface area contributed by atoms with Gasteiger partial charge in [0.2, 0.25) is 0 Å². The van der Waals surface area contributed by atoms with Gasteiger partial charge in [0.1, 0.15) is 0 Å². The van der Waals surface area contributed by atoms with E-state index in [9.17, 15) is 0 Å². The van der Waals surface area contributed by atoms with Gasteiger partial charge in [0.25, 0.3) is 0 Å². The minimum atomic E-state index is 0. The van der Waals surface area contributed by atoms with Crippen molar-refractivity contribution in [2.24, 2.45) is 4.99 Å². The molecule has 2 fully saturated rings. The van der Waals surface area contributed by atoms with Crippen LogP contribution in [0.3, 0.4) is 0 Å². The van der Waals surface area contributed by atoms with Crippen molar-refractivity contribution in [1.82, 2.24) is 15.5 Å². The molecule has 0 amide bonds. The highest BCUT2D eigenvalue weighted by Crippen LogP contribution is 2.24. The SMILES string of the molecule is CC(NC(=NCCN(C)C1CC1)NC1CC1)c1cccs1.I. The molecule has 22 heavy (non-hydrogen) atoms. The second-order valence-electron chi connectivity index (χ2n) is 6.24. The average molecular weight is 434 g/mol. The normalized spacial score (nSPS) is 19.7. The second kappa shape index (κ2) is 8.49. The van der Waals surface area contributed by atoms with Gasteiger partial charge < -0.3 is 15.5 Å². The van der Waals surface area contributed by atoms with Crippen LogP contribution >= 0.6 is 35.3 Å². The van der Waals surface area contributed by atoms with Crippen LogP contribution in [-0.4, -0.2) is 43.1 Å². The number of guanidine groups is 1. The Morgan fingerprint density at radius 2 is 2.18 bits per heavy atom. The summed E-state index contributed by atoms with van der Waals surface area (Å²) in [5, 5.41) is 9.20. The molecule has 1 atom stereocenters. The first kappa shape index (κ1) is 18.0. The molecule has 0 aliphatic heterocycles. The number of thiophene rings is 1. The molecule has 0 spiro atoms. The maximum Gasteiger partial charge on any atom is 0.192 e. The number of halogens is 1. The maximum atomic E-state index is 4.76. The van der Waals surface area contributed by atoms with E-state index in [1.54, 1.807) is 11.3 Å². The summed E-state index contributed by atoms with van der Waals surface area (Å²) in [5.74, 6) is 0.975. The van der Waals surface area contributed by atoms with Crippen molar-refractivity contribution in [3.8, 4) is 0 Å². The molecule has 0 saturated heterocycles. The van der Waals surface area contributed by atoms with E-state index < -0.39 is 0 Å². The van der Waals surface area contributed by atoms with E-state index in [1.165, 1.54) is 30.6 Å². The van der Waals surface area contributed by atoms with Gasteiger partial charge in [-0.05, 0) is 51.1 Å². The van der Waals surface area contributed by atoms with Crippen molar-refractivity contribution in [2.75, 3.05) is 20.1 Å².